The van der Waals surface area contributed by atoms with E-state index in [9.17, 15) is 13.2 Å². The fourth-order valence-electron chi connectivity index (χ4n) is 1.20. The Bertz CT molecular complexity index is 321. The van der Waals surface area contributed by atoms with Gasteiger partial charge in [-0.2, -0.15) is 13.2 Å². The smallest absolute Gasteiger partial charge is 0.359 e. The van der Waals surface area contributed by atoms with Crippen LogP contribution in [0.5, 0.6) is 0 Å². The summed E-state index contributed by atoms with van der Waals surface area (Å²) in [6, 6.07) is 4.68. The van der Waals surface area contributed by atoms with Gasteiger partial charge in [0.05, 0.1) is 5.56 Å². The lowest BCUT2D eigenvalue weighted by atomic mass is 10.1. The van der Waals surface area contributed by atoms with Crippen LogP contribution in [0.2, 0.25) is 0 Å². The topological polar surface area (TPSA) is 35.2 Å². The van der Waals surface area contributed by atoms with E-state index in [0.29, 0.717) is 12.2 Å². The van der Waals surface area contributed by atoms with Crippen molar-refractivity contribution in [2.45, 2.75) is 25.7 Å². The number of hydrogen-bond acceptors (Lipinski definition) is 2. The van der Waals surface area contributed by atoms with Crippen LogP contribution in [0.3, 0.4) is 0 Å². The molecule has 0 aliphatic carbocycles. The Morgan fingerprint density at radius 2 is 1.81 bits per heavy atom. The van der Waals surface area contributed by atoms with Crippen molar-refractivity contribution in [3.63, 3.8) is 0 Å². The first-order valence-corrected chi connectivity index (χ1v) is 4.99. The molecule has 0 saturated heterocycles. The highest BCUT2D eigenvalue weighted by atomic mass is 19.4. The number of rotatable bonds is 4. The molecule has 1 rings (SSSR count). The summed E-state index contributed by atoms with van der Waals surface area (Å²) >= 11 is 0. The maximum Gasteiger partial charge on any atom is 0.416 e. The molecule has 0 amide bonds. The highest BCUT2D eigenvalue weighted by Crippen LogP contribution is 2.29. The van der Waals surface area contributed by atoms with Crippen molar-refractivity contribution in [3.05, 3.63) is 35.4 Å². The lowest BCUT2D eigenvalue weighted by Crippen LogP contribution is -2.15. The summed E-state index contributed by atoms with van der Waals surface area (Å²) in [6.45, 7) is 2.42. The van der Waals surface area contributed by atoms with Crippen molar-refractivity contribution >= 4 is 0 Å². The SMILES string of the molecule is CCCO[C@@H](N)c1ccc(C(F)(F)F)cc1. The Morgan fingerprint density at radius 1 is 1.25 bits per heavy atom. The monoisotopic (exact) mass is 233 g/mol. The Labute approximate surface area is 92.2 Å². The minimum atomic E-state index is -4.31. The molecule has 2 N–H and O–H groups in total. The molecule has 1 aromatic rings. The Hall–Kier alpha value is -1.07. The number of alkyl halides is 3. The minimum Gasteiger partial charge on any atom is -0.359 e. The van der Waals surface area contributed by atoms with Crippen LogP contribution in [0.1, 0.15) is 30.7 Å². The Morgan fingerprint density at radius 3 is 2.25 bits per heavy atom. The quantitative estimate of drug-likeness (QED) is 0.811. The largest absolute Gasteiger partial charge is 0.416 e. The van der Waals surface area contributed by atoms with Gasteiger partial charge in [0.2, 0.25) is 0 Å². The molecule has 0 radical (unpaired) electrons. The third-order valence-electron chi connectivity index (χ3n) is 2.07. The van der Waals surface area contributed by atoms with Crippen molar-refractivity contribution in [2.24, 2.45) is 5.73 Å². The van der Waals surface area contributed by atoms with Gasteiger partial charge < -0.3 is 10.5 Å². The van der Waals surface area contributed by atoms with Crippen molar-refractivity contribution in [1.29, 1.82) is 0 Å². The lowest BCUT2D eigenvalue weighted by molar-refractivity contribution is -0.137. The van der Waals surface area contributed by atoms with E-state index >= 15 is 0 Å². The molecule has 0 unspecified atom stereocenters. The van der Waals surface area contributed by atoms with Gasteiger partial charge in [-0.1, -0.05) is 19.1 Å². The van der Waals surface area contributed by atoms with E-state index < -0.39 is 18.0 Å². The number of nitrogens with two attached hydrogens (primary N) is 1. The third kappa shape index (κ3) is 3.50. The summed E-state index contributed by atoms with van der Waals surface area (Å²) in [5, 5.41) is 0. The van der Waals surface area contributed by atoms with E-state index in [2.05, 4.69) is 0 Å². The van der Waals surface area contributed by atoms with Crippen LogP contribution in [-0.4, -0.2) is 6.61 Å². The second-order valence-electron chi connectivity index (χ2n) is 3.41. The molecule has 0 fully saturated rings. The highest BCUT2D eigenvalue weighted by Gasteiger charge is 2.30. The fourth-order valence-corrected chi connectivity index (χ4v) is 1.20. The van der Waals surface area contributed by atoms with Gasteiger partial charge in [-0.3, -0.25) is 0 Å². The van der Waals surface area contributed by atoms with Crippen molar-refractivity contribution in [1.82, 2.24) is 0 Å². The van der Waals surface area contributed by atoms with Gasteiger partial charge in [0, 0.05) is 6.61 Å². The van der Waals surface area contributed by atoms with E-state index in [-0.39, 0.29) is 0 Å². The van der Waals surface area contributed by atoms with E-state index in [1.807, 2.05) is 6.92 Å². The third-order valence-corrected chi connectivity index (χ3v) is 2.07. The summed E-state index contributed by atoms with van der Waals surface area (Å²) < 4.78 is 42.0. The van der Waals surface area contributed by atoms with Gasteiger partial charge in [-0.25, -0.2) is 0 Å². The van der Waals surface area contributed by atoms with Crippen LogP contribution in [-0.2, 0) is 10.9 Å². The molecule has 16 heavy (non-hydrogen) atoms. The van der Waals surface area contributed by atoms with Crippen molar-refractivity contribution in [3.8, 4) is 0 Å². The maximum atomic E-state index is 12.3. The van der Waals surface area contributed by atoms with E-state index in [1.54, 1.807) is 0 Å². The predicted octanol–water partition coefficient (Wildman–Crippen LogP) is 3.09. The summed E-state index contributed by atoms with van der Waals surface area (Å²) in [4.78, 5) is 0. The summed E-state index contributed by atoms with van der Waals surface area (Å²) in [6.07, 6.45) is -4.16. The Kier molecular flexibility index (Phi) is 4.32. The zero-order valence-electron chi connectivity index (χ0n) is 8.92. The average molecular weight is 233 g/mol. The van der Waals surface area contributed by atoms with Crippen molar-refractivity contribution < 1.29 is 17.9 Å². The summed E-state index contributed by atoms with van der Waals surface area (Å²) in [7, 11) is 0. The Balaban J connectivity index is 2.71. The molecule has 1 atom stereocenters. The van der Waals surface area contributed by atoms with Crippen LogP contribution in [0.15, 0.2) is 24.3 Å². The van der Waals surface area contributed by atoms with Crippen LogP contribution in [0.4, 0.5) is 13.2 Å². The van der Waals surface area contributed by atoms with Crippen LogP contribution in [0.25, 0.3) is 0 Å². The molecular formula is C11H14F3NO. The van der Waals surface area contributed by atoms with Gasteiger partial charge in [0.1, 0.15) is 6.23 Å². The zero-order valence-corrected chi connectivity index (χ0v) is 8.92. The lowest BCUT2D eigenvalue weighted by Gasteiger charge is -2.13. The molecule has 0 saturated carbocycles. The first-order valence-electron chi connectivity index (χ1n) is 4.99. The minimum absolute atomic E-state index is 0.488. The van der Waals surface area contributed by atoms with E-state index in [0.717, 1.165) is 18.6 Å². The van der Waals surface area contributed by atoms with Gasteiger partial charge >= 0.3 is 6.18 Å². The fraction of sp³-hybridized carbons (Fsp3) is 0.455. The second kappa shape index (κ2) is 5.32. The van der Waals surface area contributed by atoms with E-state index in [4.69, 9.17) is 10.5 Å². The normalized spacial score (nSPS) is 13.8. The highest BCUT2D eigenvalue weighted by molar-refractivity contribution is 5.25. The molecule has 0 heterocycles. The number of ether oxygens (including phenoxy) is 1. The predicted molar refractivity (Wildman–Crippen MR) is 54.6 cm³/mol. The molecule has 0 aliphatic heterocycles. The maximum absolute atomic E-state index is 12.3. The number of benzene rings is 1. The number of halogens is 3. The van der Waals surface area contributed by atoms with Gasteiger partial charge in [0.15, 0.2) is 0 Å². The van der Waals surface area contributed by atoms with Gasteiger partial charge in [-0.15, -0.1) is 0 Å². The average Bonchev–Trinajstić information content (AvgIpc) is 2.25. The molecule has 1 aromatic carbocycles. The van der Waals surface area contributed by atoms with E-state index in [1.165, 1.54) is 12.1 Å². The molecule has 0 bridgehead atoms. The van der Waals surface area contributed by atoms with Crippen LogP contribution in [0, 0.1) is 0 Å². The van der Waals surface area contributed by atoms with Crippen LogP contribution >= 0.6 is 0 Å². The summed E-state index contributed by atoms with van der Waals surface area (Å²) in [5.74, 6) is 0. The first-order chi connectivity index (χ1) is 7.45. The standard InChI is InChI=1S/C11H14F3NO/c1-2-7-16-10(15)8-3-5-9(6-4-8)11(12,13)14/h3-6,10H,2,7,15H2,1H3/t10-/m1/s1. The molecule has 0 aliphatic rings. The molecule has 5 heteroatoms. The molecular weight excluding hydrogens is 219 g/mol. The molecule has 90 valence electrons. The van der Waals surface area contributed by atoms with Crippen molar-refractivity contribution in [2.75, 3.05) is 6.61 Å². The van der Waals surface area contributed by atoms with Crippen LogP contribution < -0.4 is 5.73 Å². The second-order valence-corrected chi connectivity index (χ2v) is 3.41. The summed E-state index contributed by atoms with van der Waals surface area (Å²) in [5.41, 5.74) is 5.50. The molecule has 0 spiro atoms. The van der Waals surface area contributed by atoms with Gasteiger partial charge in [-0.05, 0) is 24.1 Å². The molecule has 2 nitrogen and oxygen atoms in total. The number of hydrogen-bond donors (Lipinski definition) is 1. The first kappa shape index (κ1) is 13.0. The molecule has 0 aromatic heterocycles. The zero-order chi connectivity index (χ0) is 12.2. The van der Waals surface area contributed by atoms with Gasteiger partial charge in [0.25, 0.3) is 0 Å².